The SMILES string of the molecule is CCCOC(=O)C1(c2ccc(OC)nc2)CN=C(Nc2c3c(cc4c2CCC4)CCCC3)O1. The minimum Gasteiger partial charge on any atom is -0.481 e. The normalized spacial score (nSPS) is 21.0. The van der Waals surface area contributed by atoms with Crippen LogP contribution in [0, 0.1) is 0 Å². The Labute approximate surface area is 194 Å². The molecule has 3 aliphatic rings. The molecule has 2 aliphatic carbocycles. The number of benzene rings is 1. The summed E-state index contributed by atoms with van der Waals surface area (Å²) in [5, 5.41) is 3.50. The van der Waals surface area contributed by atoms with E-state index in [0.29, 0.717) is 24.1 Å². The number of carbonyl (C=O) groups excluding carboxylic acids is 1. The number of nitrogens with zero attached hydrogens (tertiary/aromatic N) is 2. The Kier molecular flexibility index (Phi) is 5.96. The standard InChI is InChI=1S/C26H31N3O4/c1-3-13-32-24(30)26(19-11-12-22(31-2)27-15-19)16-28-25(33-26)29-23-20-9-5-4-7-17(20)14-18-8-6-10-21(18)23/h11-12,14-15H,3-10,13,16H2,1-2H3,(H,28,29). The summed E-state index contributed by atoms with van der Waals surface area (Å²) >= 11 is 0. The van der Waals surface area contributed by atoms with E-state index in [1.54, 1.807) is 25.4 Å². The highest BCUT2D eigenvalue weighted by molar-refractivity contribution is 5.97. The van der Waals surface area contributed by atoms with Gasteiger partial charge in [0.1, 0.15) is 0 Å². The van der Waals surface area contributed by atoms with Gasteiger partial charge in [0, 0.05) is 23.5 Å². The minimum atomic E-state index is -1.35. The van der Waals surface area contributed by atoms with Crippen LogP contribution in [-0.4, -0.2) is 37.2 Å². The van der Waals surface area contributed by atoms with Crippen molar-refractivity contribution in [1.29, 1.82) is 0 Å². The highest BCUT2D eigenvalue weighted by Crippen LogP contribution is 2.39. The molecule has 7 heteroatoms. The van der Waals surface area contributed by atoms with Gasteiger partial charge < -0.3 is 19.5 Å². The first kappa shape index (κ1) is 21.7. The Morgan fingerprint density at radius 1 is 1.12 bits per heavy atom. The average molecular weight is 450 g/mol. The first-order valence-electron chi connectivity index (χ1n) is 12.0. The lowest BCUT2D eigenvalue weighted by Crippen LogP contribution is -2.42. The smallest absolute Gasteiger partial charge is 0.357 e. The topological polar surface area (TPSA) is 82.0 Å². The van der Waals surface area contributed by atoms with Crippen LogP contribution in [0.1, 0.15) is 60.4 Å². The van der Waals surface area contributed by atoms with Crippen LogP contribution in [0.2, 0.25) is 0 Å². The number of amidine groups is 1. The number of methoxy groups -OCH3 is 1. The van der Waals surface area contributed by atoms with E-state index in [9.17, 15) is 4.79 Å². The molecule has 1 unspecified atom stereocenters. The predicted molar refractivity (Wildman–Crippen MR) is 126 cm³/mol. The number of esters is 1. The summed E-state index contributed by atoms with van der Waals surface area (Å²) in [5.41, 5.74) is 6.02. The third kappa shape index (κ3) is 3.94. The molecule has 5 rings (SSSR count). The molecule has 1 atom stereocenters. The summed E-state index contributed by atoms with van der Waals surface area (Å²) in [6.45, 7) is 2.44. The van der Waals surface area contributed by atoms with Gasteiger partial charge in [0.25, 0.3) is 11.6 Å². The molecule has 7 nitrogen and oxygen atoms in total. The van der Waals surface area contributed by atoms with E-state index >= 15 is 0 Å². The number of nitrogens with one attached hydrogen (secondary N) is 1. The Bertz CT molecular complexity index is 1080. The van der Waals surface area contributed by atoms with Gasteiger partial charge in [-0.2, -0.15) is 0 Å². The molecular weight excluding hydrogens is 418 g/mol. The second-order valence-electron chi connectivity index (χ2n) is 8.99. The Morgan fingerprint density at radius 2 is 1.88 bits per heavy atom. The highest BCUT2D eigenvalue weighted by atomic mass is 16.6. The number of carbonyl (C=O) groups is 1. The molecule has 0 amide bonds. The Balaban J connectivity index is 1.46. The maximum atomic E-state index is 13.2. The van der Waals surface area contributed by atoms with Crippen LogP contribution in [0.5, 0.6) is 5.88 Å². The quantitative estimate of drug-likeness (QED) is 0.669. The molecule has 1 aliphatic heterocycles. The molecule has 1 aromatic carbocycles. The molecule has 1 N–H and O–H groups in total. The predicted octanol–water partition coefficient (Wildman–Crippen LogP) is 4.10. The third-order valence-corrected chi connectivity index (χ3v) is 6.85. The fraction of sp³-hybridized carbons (Fsp3) is 0.500. The van der Waals surface area contributed by atoms with Crippen molar-refractivity contribution in [2.24, 2.45) is 4.99 Å². The van der Waals surface area contributed by atoms with Crippen LogP contribution in [0.25, 0.3) is 0 Å². The lowest BCUT2D eigenvalue weighted by Gasteiger charge is -2.27. The van der Waals surface area contributed by atoms with Crippen LogP contribution in [0.3, 0.4) is 0 Å². The lowest BCUT2D eigenvalue weighted by molar-refractivity contribution is -0.162. The highest BCUT2D eigenvalue weighted by Gasteiger charge is 2.49. The van der Waals surface area contributed by atoms with E-state index in [4.69, 9.17) is 14.2 Å². The summed E-state index contributed by atoms with van der Waals surface area (Å²) in [4.78, 5) is 22.1. The Morgan fingerprint density at radius 3 is 2.61 bits per heavy atom. The van der Waals surface area contributed by atoms with Crippen molar-refractivity contribution >= 4 is 17.7 Å². The van der Waals surface area contributed by atoms with Gasteiger partial charge in [0.15, 0.2) is 0 Å². The monoisotopic (exact) mass is 449 g/mol. The molecule has 2 aromatic rings. The first-order chi connectivity index (χ1) is 16.1. The van der Waals surface area contributed by atoms with E-state index in [1.807, 2.05) is 6.92 Å². The van der Waals surface area contributed by atoms with Gasteiger partial charge in [0.05, 0.1) is 20.3 Å². The first-order valence-corrected chi connectivity index (χ1v) is 12.0. The second-order valence-corrected chi connectivity index (χ2v) is 8.99. The maximum absolute atomic E-state index is 13.2. The second kappa shape index (κ2) is 9.04. The third-order valence-electron chi connectivity index (χ3n) is 6.85. The van der Waals surface area contributed by atoms with E-state index in [2.05, 4.69) is 21.4 Å². The van der Waals surface area contributed by atoms with E-state index in [0.717, 1.165) is 37.8 Å². The van der Waals surface area contributed by atoms with Gasteiger partial charge in [-0.05, 0) is 79.7 Å². The Hall–Kier alpha value is -3.09. The molecule has 33 heavy (non-hydrogen) atoms. The lowest BCUT2D eigenvalue weighted by atomic mass is 9.87. The van der Waals surface area contributed by atoms with Crippen LogP contribution in [-0.2, 0) is 45.6 Å². The van der Waals surface area contributed by atoms with E-state index in [-0.39, 0.29) is 6.54 Å². The van der Waals surface area contributed by atoms with Crippen LogP contribution in [0.4, 0.5) is 5.69 Å². The van der Waals surface area contributed by atoms with Gasteiger partial charge in [0.2, 0.25) is 5.88 Å². The molecule has 0 spiro atoms. The molecule has 0 saturated carbocycles. The number of hydrogen-bond donors (Lipinski definition) is 1. The largest absolute Gasteiger partial charge is 0.481 e. The summed E-state index contributed by atoms with van der Waals surface area (Å²) in [7, 11) is 1.56. The number of aliphatic imine (C=N–C) groups is 1. The number of pyridine rings is 1. The number of rotatable bonds is 6. The van der Waals surface area contributed by atoms with Gasteiger partial charge in [-0.15, -0.1) is 0 Å². The molecule has 1 aromatic heterocycles. The van der Waals surface area contributed by atoms with E-state index < -0.39 is 11.6 Å². The number of aromatic nitrogens is 1. The van der Waals surface area contributed by atoms with Crippen molar-refractivity contribution < 1.29 is 19.0 Å². The molecule has 0 fully saturated rings. The summed E-state index contributed by atoms with van der Waals surface area (Å²) in [5.74, 6) is 0.0248. The molecule has 0 bridgehead atoms. The van der Waals surface area contributed by atoms with Crippen molar-refractivity contribution in [3.8, 4) is 5.88 Å². The van der Waals surface area contributed by atoms with Crippen molar-refractivity contribution in [2.75, 3.05) is 25.6 Å². The summed E-state index contributed by atoms with van der Waals surface area (Å²) in [6, 6.07) is 6.29. The number of fused-ring (bicyclic) bond motifs is 2. The molecule has 0 radical (unpaired) electrons. The number of hydrogen-bond acceptors (Lipinski definition) is 7. The molecule has 0 saturated heterocycles. The van der Waals surface area contributed by atoms with Crippen molar-refractivity contribution in [3.05, 3.63) is 52.2 Å². The maximum Gasteiger partial charge on any atom is 0.357 e. The van der Waals surface area contributed by atoms with Crippen LogP contribution >= 0.6 is 0 Å². The molecular formula is C26H31N3O4. The molecule has 174 valence electrons. The van der Waals surface area contributed by atoms with Crippen LogP contribution < -0.4 is 10.1 Å². The fourth-order valence-electron chi connectivity index (χ4n) is 5.14. The van der Waals surface area contributed by atoms with Gasteiger partial charge in [-0.3, -0.25) is 0 Å². The zero-order chi connectivity index (χ0) is 22.8. The summed E-state index contributed by atoms with van der Waals surface area (Å²) < 4.78 is 17.0. The van der Waals surface area contributed by atoms with Crippen molar-refractivity contribution in [1.82, 2.24) is 4.98 Å². The minimum absolute atomic E-state index is 0.142. The zero-order valence-electron chi connectivity index (χ0n) is 19.4. The van der Waals surface area contributed by atoms with Crippen LogP contribution in [0.15, 0.2) is 29.4 Å². The van der Waals surface area contributed by atoms with Gasteiger partial charge >= 0.3 is 5.97 Å². The van der Waals surface area contributed by atoms with E-state index in [1.165, 1.54) is 41.5 Å². The van der Waals surface area contributed by atoms with Crippen molar-refractivity contribution in [2.45, 2.75) is 63.9 Å². The number of anilines is 1. The number of ether oxygens (including phenoxy) is 3. The van der Waals surface area contributed by atoms with Gasteiger partial charge in [-0.25, -0.2) is 14.8 Å². The van der Waals surface area contributed by atoms with Gasteiger partial charge in [-0.1, -0.05) is 13.0 Å². The van der Waals surface area contributed by atoms with Crippen molar-refractivity contribution in [3.63, 3.8) is 0 Å². The molecule has 2 heterocycles. The summed E-state index contributed by atoms with van der Waals surface area (Å²) in [6.07, 6.45) is 10.3. The fourth-order valence-corrected chi connectivity index (χ4v) is 5.14. The average Bonchev–Trinajstić information content (AvgIpc) is 3.50. The number of aryl methyl sites for hydroxylation is 2. The zero-order valence-corrected chi connectivity index (χ0v) is 19.4.